The van der Waals surface area contributed by atoms with Crippen LogP contribution < -0.4 is 5.32 Å². The summed E-state index contributed by atoms with van der Waals surface area (Å²) in [5.74, 6) is 0. The Bertz CT molecular complexity index is 138. The molecule has 0 saturated heterocycles. The molecular formula is C14H32N2O. The monoisotopic (exact) mass is 244 g/mol. The lowest BCUT2D eigenvalue weighted by Gasteiger charge is -2.17. The fraction of sp³-hybridized carbons (Fsp3) is 1.00. The number of nitrogens with one attached hydrogen (secondary N) is 1. The second-order valence-corrected chi connectivity index (χ2v) is 4.45. The predicted octanol–water partition coefficient (Wildman–Crippen LogP) is 2.51. The van der Waals surface area contributed by atoms with Crippen LogP contribution in [0.2, 0.25) is 0 Å². The van der Waals surface area contributed by atoms with Crippen molar-refractivity contribution in [3.8, 4) is 0 Å². The van der Waals surface area contributed by atoms with Crippen LogP contribution >= 0.6 is 0 Å². The smallest absolute Gasteiger partial charge is 0.0590 e. The van der Waals surface area contributed by atoms with Crippen molar-refractivity contribution in [2.24, 2.45) is 0 Å². The molecule has 0 aromatic heterocycles. The maximum absolute atomic E-state index is 5.56. The molecule has 0 aliphatic rings. The molecule has 3 nitrogen and oxygen atoms in total. The van der Waals surface area contributed by atoms with Crippen LogP contribution in [-0.2, 0) is 4.74 Å². The minimum atomic E-state index is 0.852. The summed E-state index contributed by atoms with van der Waals surface area (Å²) >= 11 is 0. The van der Waals surface area contributed by atoms with E-state index in [0.29, 0.717) is 0 Å². The third-order valence-corrected chi connectivity index (χ3v) is 3.06. The lowest BCUT2D eigenvalue weighted by molar-refractivity contribution is 0.131. The van der Waals surface area contributed by atoms with Gasteiger partial charge in [0.25, 0.3) is 0 Å². The molecule has 1 N–H and O–H groups in total. The van der Waals surface area contributed by atoms with E-state index >= 15 is 0 Å². The summed E-state index contributed by atoms with van der Waals surface area (Å²) in [6.07, 6.45) is 5.16. The summed E-state index contributed by atoms with van der Waals surface area (Å²) in [6, 6.07) is 0. The fourth-order valence-corrected chi connectivity index (χ4v) is 1.78. The van der Waals surface area contributed by atoms with Gasteiger partial charge < -0.3 is 15.0 Å². The van der Waals surface area contributed by atoms with Gasteiger partial charge in [-0.15, -0.1) is 0 Å². The molecule has 0 amide bonds. The Kier molecular flexibility index (Phi) is 13.8. The van der Waals surface area contributed by atoms with Gasteiger partial charge in [-0.05, 0) is 19.5 Å². The van der Waals surface area contributed by atoms with E-state index in [1.807, 2.05) is 0 Å². The number of likely N-dealkylation sites (N-methyl/N-ethyl adjacent to an activating group) is 1. The molecular weight excluding hydrogens is 212 g/mol. The first-order valence-corrected chi connectivity index (χ1v) is 7.35. The predicted molar refractivity (Wildman–Crippen MR) is 75.6 cm³/mol. The number of ether oxygens (including phenoxy) is 1. The highest BCUT2D eigenvalue weighted by molar-refractivity contribution is 4.55. The van der Waals surface area contributed by atoms with E-state index in [1.165, 1.54) is 25.7 Å². The second kappa shape index (κ2) is 13.9. The van der Waals surface area contributed by atoms with Crippen molar-refractivity contribution in [3.05, 3.63) is 0 Å². The molecule has 0 heterocycles. The van der Waals surface area contributed by atoms with E-state index in [0.717, 1.165) is 45.9 Å². The first-order valence-electron chi connectivity index (χ1n) is 7.35. The van der Waals surface area contributed by atoms with Crippen LogP contribution in [0.1, 0.15) is 46.5 Å². The van der Waals surface area contributed by atoms with Gasteiger partial charge in [-0.3, -0.25) is 0 Å². The van der Waals surface area contributed by atoms with Gasteiger partial charge in [0, 0.05) is 26.2 Å². The summed E-state index contributed by atoms with van der Waals surface area (Å²) in [5.41, 5.74) is 0. The Morgan fingerprint density at radius 2 is 1.65 bits per heavy atom. The molecule has 0 fully saturated rings. The van der Waals surface area contributed by atoms with Gasteiger partial charge in [0.15, 0.2) is 0 Å². The van der Waals surface area contributed by atoms with E-state index in [-0.39, 0.29) is 0 Å². The van der Waals surface area contributed by atoms with Gasteiger partial charge in [-0.25, -0.2) is 0 Å². The zero-order valence-corrected chi connectivity index (χ0v) is 12.1. The van der Waals surface area contributed by atoms with Crippen molar-refractivity contribution >= 4 is 0 Å². The zero-order valence-electron chi connectivity index (χ0n) is 12.1. The highest BCUT2D eigenvalue weighted by Gasteiger charge is 1.97. The molecule has 104 valence electrons. The lowest BCUT2D eigenvalue weighted by Crippen LogP contribution is -2.33. The number of hydrogen-bond acceptors (Lipinski definition) is 3. The third-order valence-electron chi connectivity index (χ3n) is 3.06. The van der Waals surface area contributed by atoms with Crippen molar-refractivity contribution < 1.29 is 4.74 Å². The third kappa shape index (κ3) is 12.1. The van der Waals surface area contributed by atoms with E-state index in [9.17, 15) is 0 Å². The summed E-state index contributed by atoms with van der Waals surface area (Å²) in [6.45, 7) is 13.9. The van der Waals surface area contributed by atoms with E-state index in [2.05, 4.69) is 31.0 Å². The van der Waals surface area contributed by atoms with Crippen LogP contribution in [0.4, 0.5) is 0 Å². The largest absolute Gasteiger partial charge is 0.380 e. The summed E-state index contributed by atoms with van der Waals surface area (Å²) < 4.78 is 5.56. The number of nitrogens with zero attached hydrogens (tertiary/aromatic N) is 1. The fourth-order valence-electron chi connectivity index (χ4n) is 1.78. The number of hydrogen-bond donors (Lipinski definition) is 1. The first-order chi connectivity index (χ1) is 8.35. The maximum atomic E-state index is 5.56. The molecule has 0 spiro atoms. The van der Waals surface area contributed by atoms with Gasteiger partial charge in [0.1, 0.15) is 0 Å². The highest BCUT2D eigenvalue weighted by atomic mass is 16.5. The van der Waals surface area contributed by atoms with E-state index in [4.69, 9.17) is 4.74 Å². The topological polar surface area (TPSA) is 24.5 Å². The van der Waals surface area contributed by atoms with Gasteiger partial charge >= 0.3 is 0 Å². The quantitative estimate of drug-likeness (QED) is 0.504. The zero-order chi connectivity index (χ0) is 12.8. The Balaban J connectivity index is 3.03. The van der Waals surface area contributed by atoms with Crippen LogP contribution in [-0.4, -0.2) is 50.8 Å². The molecule has 0 rings (SSSR count). The Morgan fingerprint density at radius 1 is 0.882 bits per heavy atom. The Morgan fingerprint density at radius 3 is 2.29 bits per heavy atom. The molecule has 3 heteroatoms. The molecule has 0 radical (unpaired) electrons. The molecule has 0 aliphatic heterocycles. The van der Waals surface area contributed by atoms with Crippen molar-refractivity contribution in [2.75, 3.05) is 45.9 Å². The summed E-state index contributed by atoms with van der Waals surface area (Å²) in [4.78, 5) is 2.43. The van der Waals surface area contributed by atoms with Crippen molar-refractivity contribution in [2.45, 2.75) is 46.5 Å². The average Bonchev–Trinajstić information content (AvgIpc) is 2.36. The van der Waals surface area contributed by atoms with Crippen LogP contribution in [0.3, 0.4) is 0 Å². The molecule has 0 aromatic carbocycles. The number of unbranched alkanes of at least 4 members (excludes halogenated alkanes) is 3. The molecule has 0 bridgehead atoms. The SMILES string of the molecule is CCCCCCOCCNCCN(CC)CC. The Labute approximate surface area is 108 Å². The molecule has 0 aromatic rings. The van der Waals surface area contributed by atoms with Crippen molar-refractivity contribution in [1.82, 2.24) is 10.2 Å². The minimum Gasteiger partial charge on any atom is -0.380 e. The van der Waals surface area contributed by atoms with Crippen LogP contribution in [0.25, 0.3) is 0 Å². The number of rotatable bonds is 13. The van der Waals surface area contributed by atoms with Gasteiger partial charge in [-0.1, -0.05) is 40.0 Å². The molecule has 0 saturated carbocycles. The van der Waals surface area contributed by atoms with Crippen LogP contribution in [0, 0.1) is 0 Å². The minimum absolute atomic E-state index is 0.852. The molecule has 0 aliphatic carbocycles. The van der Waals surface area contributed by atoms with Crippen molar-refractivity contribution in [3.63, 3.8) is 0 Å². The maximum Gasteiger partial charge on any atom is 0.0590 e. The van der Waals surface area contributed by atoms with Gasteiger partial charge in [-0.2, -0.15) is 0 Å². The van der Waals surface area contributed by atoms with Crippen molar-refractivity contribution in [1.29, 1.82) is 0 Å². The van der Waals surface area contributed by atoms with Gasteiger partial charge in [0.05, 0.1) is 6.61 Å². The lowest BCUT2D eigenvalue weighted by atomic mass is 10.2. The standard InChI is InChI=1S/C14H32N2O/c1-4-7-8-9-13-17-14-11-15-10-12-16(5-2)6-3/h15H,4-14H2,1-3H3. The summed E-state index contributed by atoms with van der Waals surface area (Å²) in [5, 5.41) is 3.42. The normalized spacial score (nSPS) is 11.3. The summed E-state index contributed by atoms with van der Waals surface area (Å²) in [7, 11) is 0. The van der Waals surface area contributed by atoms with Crippen LogP contribution in [0.5, 0.6) is 0 Å². The molecule has 0 atom stereocenters. The highest BCUT2D eigenvalue weighted by Crippen LogP contribution is 1.98. The molecule has 17 heavy (non-hydrogen) atoms. The first kappa shape index (κ1) is 16.9. The molecule has 0 unspecified atom stereocenters. The van der Waals surface area contributed by atoms with E-state index < -0.39 is 0 Å². The van der Waals surface area contributed by atoms with Crippen LogP contribution in [0.15, 0.2) is 0 Å². The van der Waals surface area contributed by atoms with E-state index in [1.54, 1.807) is 0 Å². The van der Waals surface area contributed by atoms with Gasteiger partial charge in [0.2, 0.25) is 0 Å². The average molecular weight is 244 g/mol. The Hall–Kier alpha value is -0.120. The second-order valence-electron chi connectivity index (χ2n) is 4.45.